The lowest BCUT2D eigenvalue weighted by atomic mass is 10.0. The first kappa shape index (κ1) is 11.4. The van der Waals surface area contributed by atoms with Gasteiger partial charge in [0.1, 0.15) is 0 Å². The summed E-state index contributed by atoms with van der Waals surface area (Å²) in [6.45, 7) is 3.50. The fraction of sp³-hybridized carbons (Fsp3) is 0.364. The van der Waals surface area contributed by atoms with Gasteiger partial charge in [-0.05, 0) is 37.0 Å². The minimum atomic E-state index is -0.924. The number of aromatic hydroxyl groups is 2. The van der Waals surface area contributed by atoms with Gasteiger partial charge in [0.25, 0.3) is 0 Å². The molecule has 0 atom stereocenters. The number of rotatable bonds is 3. The van der Waals surface area contributed by atoms with Gasteiger partial charge in [-0.25, -0.2) is 0 Å². The Hall–Kier alpha value is -1.71. The average Bonchev–Trinajstić information content (AvgIpc) is 2.18. The summed E-state index contributed by atoms with van der Waals surface area (Å²) in [5, 5.41) is 27.6. The molecule has 0 spiro atoms. The van der Waals surface area contributed by atoms with E-state index < -0.39 is 5.97 Å². The molecule has 4 nitrogen and oxygen atoms in total. The lowest BCUT2D eigenvalue weighted by Crippen LogP contribution is -1.99. The second-order valence-corrected chi connectivity index (χ2v) is 3.57. The van der Waals surface area contributed by atoms with E-state index in [-0.39, 0.29) is 24.3 Å². The van der Waals surface area contributed by atoms with E-state index in [1.54, 1.807) is 19.9 Å². The standard InChI is InChI=1S/C11H14O4/c1-6-5-8(3-4-9(12)13)11(15)10(14)7(6)2/h5,14-15H,3-4H2,1-2H3,(H,12,13). The Balaban J connectivity index is 3.04. The minimum absolute atomic E-state index is 0.0600. The second-order valence-electron chi connectivity index (χ2n) is 3.57. The first-order valence-electron chi connectivity index (χ1n) is 4.66. The molecule has 4 heteroatoms. The Labute approximate surface area is 87.8 Å². The smallest absolute Gasteiger partial charge is 0.303 e. The molecule has 0 amide bonds. The van der Waals surface area contributed by atoms with E-state index in [1.807, 2.05) is 0 Å². The summed E-state index contributed by atoms with van der Waals surface area (Å²) in [5.74, 6) is -1.29. The maximum Gasteiger partial charge on any atom is 0.303 e. The van der Waals surface area contributed by atoms with Crippen LogP contribution in [0.25, 0.3) is 0 Å². The van der Waals surface area contributed by atoms with Crippen molar-refractivity contribution in [2.75, 3.05) is 0 Å². The predicted octanol–water partition coefficient (Wildman–Crippen LogP) is 1.73. The van der Waals surface area contributed by atoms with Crippen molar-refractivity contribution in [1.82, 2.24) is 0 Å². The van der Waals surface area contributed by atoms with Crippen LogP contribution < -0.4 is 0 Å². The van der Waals surface area contributed by atoms with Crippen molar-refractivity contribution in [3.05, 3.63) is 22.8 Å². The number of phenolic OH excluding ortho intramolecular Hbond substituents is 2. The van der Waals surface area contributed by atoms with Gasteiger partial charge in [0, 0.05) is 6.42 Å². The van der Waals surface area contributed by atoms with Gasteiger partial charge in [0.05, 0.1) is 0 Å². The van der Waals surface area contributed by atoms with Crippen LogP contribution in [0.15, 0.2) is 6.07 Å². The van der Waals surface area contributed by atoms with Gasteiger partial charge >= 0.3 is 5.97 Å². The Bertz CT molecular complexity index is 396. The monoisotopic (exact) mass is 210 g/mol. The van der Waals surface area contributed by atoms with E-state index >= 15 is 0 Å². The number of benzene rings is 1. The minimum Gasteiger partial charge on any atom is -0.504 e. The summed E-state index contributed by atoms with van der Waals surface area (Å²) in [4.78, 5) is 10.4. The highest BCUT2D eigenvalue weighted by atomic mass is 16.4. The number of hydrogen-bond acceptors (Lipinski definition) is 3. The largest absolute Gasteiger partial charge is 0.504 e. The van der Waals surface area contributed by atoms with Crippen molar-refractivity contribution in [3.8, 4) is 11.5 Å². The van der Waals surface area contributed by atoms with Gasteiger partial charge in [-0.15, -0.1) is 0 Å². The Morgan fingerprint density at radius 3 is 2.40 bits per heavy atom. The van der Waals surface area contributed by atoms with E-state index in [0.717, 1.165) is 5.56 Å². The van der Waals surface area contributed by atoms with Gasteiger partial charge < -0.3 is 15.3 Å². The lowest BCUT2D eigenvalue weighted by molar-refractivity contribution is -0.136. The zero-order valence-electron chi connectivity index (χ0n) is 8.74. The molecule has 0 fully saturated rings. The topological polar surface area (TPSA) is 77.8 Å². The Morgan fingerprint density at radius 2 is 1.87 bits per heavy atom. The van der Waals surface area contributed by atoms with E-state index in [9.17, 15) is 15.0 Å². The summed E-state index contributed by atoms with van der Waals surface area (Å²) in [5.41, 5.74) is 1.93. The molecule has 0 unspecified atom stereocenters. The SMILES string of the molecule is Cc1cc(CCC(=O)O)c(O)c(O)c1C. The maximum atomic E-state index is 10.4. The van der Waals surface area contributed by atoms with Crippen LogP contribution in [-0.2, 0) is 11.2 Å². The number of carboxylic acid groups (broad SMARTS) is 1. The zero-order chi connectivity index (χ0) is 11.6. The number of aryl methyl sites for hydroxylation is 2. The van der Waals surface area contributed by atoms with Gasteiger partial charge in [-0.3, -0.25) is 4.79 Å². The molecular weight excluding hydrogens is 196 g/mol. The zero-order valence-corrected chi connectivity index (χ0v) is 8.74. The summed E-state index contributed by atoms with van der Waals surface area (Å²) in [6, 6.07) is 1.70. The van der Waals surface area contributed by atoms with Crippen LogP contribution in [0.3, 0.4) is 0 Å². The summed E-state index contributed by atoms with van der Waals surface area (Å²) < 4.78 is 0. The van der Waals surface area contributed by atoms with E-state index in [0.29, 0.717) is 11.1 Å². The van der Waals surface area contributed by atoms with Crippen molar-refractivity contribution in [3.63, 3.8) is 0 Å². The number of hydrogen-bond donors (Lipinski definition) is 3. The number of aliphatic carboxylic acids is 1. The van der Waals surface area contributed by atoms with Crippen molar-refractivity contribution in [2.45, 2.75) is 26.7 Å². The second kappa shape index (κ2) is 4.21. The molecule has 82 valence electrons. The average molecular weight is 210 g/mol. The molecule has 0 saturated carbocycles. The third-order valence-electron chi connectivity index (χ3n) is 2.47. The van der Waals surface area contributed by atoms with E-state index in [4.69, 9.17) is 5.11 Å². The molecule has 0 aliphatic heterocycles. The molecule has 0 saturated heterocycles. The summed E-state index contributed by atoms with van der Waals surface area (Å²) >= 11 is 0. The van der Waals surface area contributed by atoms with Gasteiger partial charge in [0.15, 0.2) is 11.5 Å². The third kappa shape index (κ3) is 2.40. The van der Waals surface area contributed by atoms with Crippen molar-refractivity contribution in [2.24, 2.45) is 0 Å². The molecular formula is C11H14O4. The van der Waals surface area contributed by atoms with Crippen LogP contribution in [-0.4, -0.2) is 21.3 Å². The highest BCUT2D eigenvalue weighted by Gasteiger charge is 2.12. The van der Waals surface area contributed by atoms with Crippen LogP contribution in [0.2, 0.25) is 0 Å². The van der Waals surface area contributed by atoms with Crippen LogP contribution >= 0.6 is 0 Å². The third-order valence-corrected chi connectivity index (χ3v) is 2.47. The normalized spacial score (nSPS) is 10.3. The first-order valence-corrected chi connectivity index (χ1v) is 4.66. The predicted molar refractivity (Wildman–Crippen MR) is 55.2 cm³/mol. The highest BCUT2D eigenvalue weighted by molar-refractivity contribution is 5.67. The molecule has 3 N–H and O–H groups in total. The van der Waals surface area contributed by atoms with Crippen molar-refractivity contribution < 1.29 is 20.1 Å². The van der Waals surface area contributed by atoms with Crippen molar-refractivity contribution >= 4 is 5.97 Å². The fourth-order valence-electron chi connectivity index (χ4n) is 1.39. The highest BCUT2D eigenvalue weighted by Crippen LogP contribution is 2.35. The fourth-order valence-corrected chi connectivity index (χ4v) is 1.39. The van der Waals surface area contributed by atoms with Crippen LogP contribution in [0.5, 0.6) is 11.5 Å². The Morgan fingerprint density at radius 1 is 1.27 bits per heavy atom. The molecule has 0 aliphatic carbocycles. The van der Waals surface area contributed by atoms with E-state index in [1.165, 1.54) is 0 Å². The molecule has 0 heterocycles. The molecule has 1 aromatic rings. The van der Waals surface area contributed by atoms with Crippen LogP contribution in [0.1, 0.15) is 23.1 Å². The van der Waals surface area contributed by atoms with Crippen LogP contribution in [0, 0.1) is 13.8 Å². The summed E-state index contributed by atoms with van der Waals surface area (Å²) in [7, 11) is 0. The number of carbonyl (C=O) groups is 1. The molecule has 0 aliphatic rings. The molecule has 0 radical (unpaired) electrons. The lowest BCUT2D eigenvalue weighted by Gasteiger charge is -2.10. The van der Waals surface area contributed by atoms with Crippen LogP contribution in [0.4, 0.5) is 0 Å². The molecule has 0 bridgehead atoms. The van der Waals surface area contributed by atoms with Gasteiger partial charge in [-0.1, -0.05) is 6.07 Å². The number of phenols is 2. The molecule has 1 rings (SSSR count). The maximum absolute atomic E-state index is 10.4. The molecule has 0 aromatic heterocycles. The van der Waals surface area contributed by atoms with Crippen molar-refractivity contribution in [1.29, 1.82) is 0 Å². The molecule has 1 aromatic carbocycles. The number of carboxylic acids is 1. The summed E-state index contributed by atoms with van der Waals surface area (Å²) in [6.07, 6.45) is 0.158. The quantitative estimate of drug-likeness (QED) is 0.664. The Kier molecular flexibility index (Phi) is 3.19. The van der Waals surface area contributed by atoms with Gasteiger partial charge in [0.2, 0.25) is 0 Å². The van der Waals surface area contributed by atoms with Gasteiger partial charge in [-0.2, -0.15) is 0 Å². The van der Waals surface area contributed by atoms with E-state index in [2.05, 4.69) is 0 Å². The molecule has 15 heavy (non-hydrogen) atoms. The first-order chi connectivity index (χ1) is 6.93.